The number of nitrogens with zero attached hydrogens (tertiary/aromatic N) is 1. The smallest absolute Gasteiger partial charge is 0.133 e. The molecule has 1 aromatic carbocycles. The number of benzene rings is 1. The van der Waals surface area contributed by atoms with Gasteiger partial charge in [0, 0.05) is 18.1 Å². The summed E-state index contributed by atoms with van der Waals surface area (Å²) in [6, 6.07) is 8.67. The second kappa shape index (κ2) is 4.52. The zero-order valence-corrected chi connectivity index (χ0v) is 10.1. The minimum absolute atomic E-state index is 0.555. The van der Waals surface area contributed by atoms with Crippen molar-refractivity contribution in [2.75, 3.05) is 11.9 Å². The van der Waals surface area contributed by atoms with E-state index in [0.29, 0.717) is 5.92 Å². The van der Waals surface area contributed by atoms with Crippen molar-refractivity contribution in [3.05, 3.63) is 36.0 Å². The Hall–Kier alpha value is -1.57. The molecule has 1 aromatic heterocycles. The Bertz CT molecular complexity index is 489. The zero-order chi connectivity index (χ0) is 11.5. The van der Waals surface area contributed by atoms with Crippen molar-refractivity contribution in [1.82, 2.24) is 4.98 Å². The zero-order valence-electron chi connectivity index (χ0n) is 10.1. The van der Waals surface area contributed by atoms with Crippen LogP contribution in [0.1, 0.15) is 32.3 Å². The fourth-order valence-electron chi connectivity index (χ4n) is 1.85. The van der Waals surface area contributed by atoms with Crippen LogP contribution in [0.4, 0.5) is 5.82 Å². The van der Waals surface area contributed by atoms with Crippen LogP contribution in [-0.4, -0.2) is 11.5 Å². The van der Waals surface area contributed by atoms with Gasteiger partial charge in [-0.3, -0.25) is 0 Å². The van der Waals surface area contributed by atoms with E-state index in [4.69, 9.17) is 0 Å². The van der Waals surface area contributed by atoms with E-state index in [9.17, 15) is 0 Å². The summed E-state index contributed by atoms with van der Waals surface area (Å²) in [7, 11) is 0. The molecule has 0 saturated heterocycles. The second-order valence-electron chi connectivity index (χ2n) is 4.33. The van der Waals surface area contributed by atoms with Gasteiger partial charge in [0.2, 0.25) is 0 Å². The lowest BCUT2D eigenvalue weighted by Gasteiger charge is -2.10. The van der Waals surface area contributed by atoms with Crippen LogP contribution in [0.2, 0.25) is 0 Å². The molecular weight excluding hydrogens is 196 g/mol. The van der Waals surface area contributed by atoms with Gasteiger partial charge in [0.25, 0.3) is 0 Å². The summed E-state index contributed by atoms with van der Waals surface area (Å²) in [6.07, 6.45) is 1.86. The van der Waals surface area contributed by atoms with Crippen LogP contribution in [0.15, 0.2) is 30.5 Å². The third-order valence-electron chi connectivity index (χ3n) is 2.80. The van der Waals surface area contributed by atoms with Crippen molar-refractivity contribution >= 4 is 16.6 Å². The first kappa shape index (κ1) is 10.9. The average molecular weight is 214 g/mol. The highest BCUT2D eigenvalue weighted by atomic mass is 15.0. The van der Waals surface area contributed by atoms with Crippen LogP contribution < -0.4 is 5.32 Å². The minimum Gasteiger partial charge on any atom is -0.370 e. The monoisotopic (exact) mass is 214 g/mol. The van der Waals surface area contributed by atoms with E-state index in [-0.39, 0.29) is 0 Å². The Morgan fingerprint density at radius 1 is 1.25 bits per heavy atom. The molecule has 0 spiro atoms. The topological polar surface area (TPSA) is 24.9 Å². The average Bonchev–Trinajstić information content (AvgIpc) is 2.29. The number of rotatable bonds is 3. The van der Waals surface area contributed by atoms with Gasteiger partial charge in [-0.2, -0.15) is 0 Å². The van der Waals surface area contributed by atoms with Crippen molar-refractivity contribution in [2.45, 2.75) is 26.7 Å². The third-order valence-corrected chi connectivity index (χ3v) is 2.80. The van der Waals surface area contributed by atoms with Crippen molar-refractivity contribution < 1.29 is 0 Å². The molecule has 2 nitrogen and oxygen atoms in total. The quantitative estimate of drug-likeness (QED) is 0.840. The van der Waals surface area contributed by atoms with Crippen LogP contribution in [0.3, 0.4) is 0 Å². The van der Waals surface area contributed by atoms with Crippen LogP contribution >= 0.6 is 0 Å². The molecule has 2 aromatic rings. The van der Waals surface area contributed by atoms with Crippen molar-refractivity contribution in [3.63, 3.8) is 0 Å². The molecule has 2 rings (SSSR count). The summed E-state index contributed by atoms with van der Waals surface area (Å²) in [5, 5.41) is 5.77. The van der Waals surface area contributed by atoms with Gasteiger partial charge in [-0.1, -0.05) is 26.0 Å². The Balaban J connectivity index is 2.59. The highest BCUT2D eigenvalue weighted by Gasteiger charge is 2.04. The van der Waals surface area contributed by atoms with E-state index in [1.165, 1.54) is 16.3 Å². The van der Waals surface area contributed by atoms with Gasteiger partial charge in [-0.25, -0.2) is 4.98 Å². The summed E-state index contributed by atoms with van der Waals surface area (Å²) in [5.74, 6) is 1.54. The van der Waals surface area contributed by atoms with E-state index in [0.717, 1.165) is 12.4 Å². The number of hydrogen-bond donors (Lipinski definition) is 1. The molecule has 0 aliphatic heterocycles. The predicted molar refractivity (Wildman–Crippen MR) is 70.0 cm³/mol. The van der Waals surface area contributed by atoms with Crippen molar-refractivity contribution in [2.24, 2.45) is 0 Å². The molecule has 0 radical (unpaired) electrons. The summed E-state index contributed by atoms with van der Waals surface area (Å²) < 4.78 is 0. The molecular formula is C14H18N2. The largest absolute Gasteiger partial charge is 0.370 e. The number of fused-ring (bicyclic) bond motifs is 1. The van der Waals surface area contributed by atoms with E-state index in [2.05, 4.69) is 55.3 Å². The fourth-order valence-corrected chi connectivity index (χ4v) is 1.85. The molecule has 1 N–H and O–H groups in total. The number of anilines is 1. The third kappa shape index (κ3) is 2.01. The second-order valence-corrected chi connectivity index (χ2v) is 4.33. The van der Waals surface area contributed by atoms with Crippen LogP contribution in [-0.2, 0) is 0 Å². The molecule has 0 saturated carbocycles. The van der Waals surface area contributed by atoms with E-state index in [1.807, 2.05) is 6.20 Å². The number of hydrogen-bond acceptors (Lipinski definition) is 2. The van der Waals surface area contributed by atoms with Gasteiger partial charge >= 0.3 is 0 Å². The first-order chi connectivity index (χ1) is 7.72. The maximum absolute atomic E-state index is 4.39. The standard InChI is InChI=1S/C14H18N2/c1-4-15-14-13-9-12(10(2)3)6-5-11(13)7-8-16-14/h5-10H,4H2,1-3H3,(H,15,16). The number of aromatic nitrogens is 1. The molecule has 0 aliphatic carbocycles. The summed E-state index contributed by atoms with van der Waals surface area (Å²) in [5.41, 5.74) is 1.36. The van der Waals surface area contributed by atoms with E-state index < -0.39 is 0 Å². The molecule has 0 aliphatic rings. The summed E-state index contributed by atoms with van der Waals surface area (Å²) >= 11 is 0. The first-order valence-corrected chi connectivity index (χ1v) is 5.85. The number of pyridine rings is 1. The molecule has 0 unspecified atom stereocenters. The molecule has 1 heterocycles. The fraction of sp³-hybridized carbons (Fsp3) is 0.357. The Kier molecular flexibility index (Phi) is 3.09. The normalized spacial score (nSPS) is 11.0. The van der Waals surface area contributed by atoms with Crippen LogP contribution in [0, 0.1) is 0 Å². The SMILES string of the molecule is CCNc1nccc2ccc(C(C)C)cc12. The Morgan fingerprint density at radius 3 is 2.75 bits per heavy atom. The first-order valence-electron chi connectivity index (χ1n) is 5.85. The maximum Gasteiger partial charge on any atom is 0.133 e. The lowest BCUT2D eigenvalue weighted by Crippen LogP contribution is -2.00. The molecule has 2 heteroatoms. The molecule has 16 heavy (non-hydrogen) atoms. The van der Waals surface area contributed by atoms with Crippen LogP contribution in [0.25, 0.3) is 10.8 Å². The van der Waals surface area contributed by atoms with E-state index >= 15 is 0 Å². The highest BCUT2D eigenvalue weighted by Crippen LogP contribution is 2.25. The summed E-state index contributed by atoms with van der Waals surface area (Å²) in [4.78, 5) is 4.39. The van der Waals surface area contributed by atoms with E-state index in [1.54, 1.807) is 0 Å². The van der Waals surface area contributed by atoms with Gasteiger partial charge < -0.3 is 5.32 Å². The summed E-state index contributed by atoms with van der Waals surface area (Å²) in [6.45, 7) is 7.42. The van der Waals surface area contributed by atoms with Gasteiger partial charge in [0.15, 0.2) is 0 Å². The van der Waals surface area contributed by atoms with Gasteiger partial charge in [-0.05, 0) is 35.9 Å². The minimum atomic E-state index is 0.555. The highest BCUT2D eigenvalue weighted by molar-refractivity contribution is 5.92. The van der Waals surface area contributed by atoms with Gasteiger partial charge in [0.05, 0.1) is 0 Å². The molecule has 0 bridgehead atoms. The van der Waals surface area contributed by atoms with Gasteiger partial charge in [0.1, 0.15) is 5.82 Å². The molecule has 0 fully saturated rings. The lowest BCUT2D eigenvalue weighted by molar-refractivity contribution is 0.868. The molecule has 0 atom stereocenters. The van der Waals surface area contributed by atoms with Crippen LogP contribution in [0.5, 0.6) is 0 Å². The number of nitrogens with one attached hydrogen (secondary N) is 1. The lowest BCUT2D eigenvalue weighted by atomic mass is 10.00. The van der Waals surface area contributed by atoms with Crippen molar-refractivity contribution in [3.8, 4) is 0 Å². The Labute approximate surface area is 96.7 Å². The Morgan fingerprint density at radius 2 is 2.06 bits per heavy atom. The molecule has 84 valence electrons. The van der Waals surface area contributed by atoms with Gasteiger partial charge in [-0.15, -0.1) is 0 Å². The van der Waals surface area contributed by atoms with Crippen molar-refractivity contribution in [1.29, 1.82) is 0 Å². The maximum atomic E-state index is 4.39. The predicted octanol–water partition coefficient (Wildman–Crippen LogP) is 3.79. The molecule has 0 amide bonds.